The molecule has 0 spiro atoms. The fraction of sp³-hybridized carbons (Fsp3) is 0.786. The van der Waals surface area contributed by atoms with E-state index in [-0.39, 0.29) is 29.7 Å². The lowest BCUT2D eigenvalue weighted by atomic mass is 10.00. The molecule has 0 aromatic rings. The predicted octanol–water partition coefficient (Wildman–Crippen LogP) is 1.27. The topological polar surface area (TPSA) is 74.7 Å². The Bertz CT molecular complexity index is 423. The molecule has 1 heterocycles. The van der Waals surface area contributed by atoms with Gasteiger partial charge < -0.3 is 5.11 Å². The lowest BCUT2D eigenvalue weighted by Crippen LogP contribution is -2.40. The molecule has 0 aromatic carbocycles. The van der Waals surface area contributed by atoms with Crippen molar-refractivity contribution in [2.24, 2.45) is 23.7 Å². The largest absolute Gasteiger partial charge is 0.481 e. The van der Waals surface area contributed by atoms with Gasteiger partial charge in [-0.1, -0.05) is 6.92 Å². The van der Waals surface area contributed by atoms with Gasteiger partial charge in [-0.2, -0.15) is 0 Å². The van der Waals surface area contributed by atoms with Crippen molar-refractivity contribution in [3.63, 3.8) is 0 Å². The van der Waals surface area contributed by atoms with Crippen LogP contribution < -0.4 is 0 Å². The summed E-state index contributed by atoms with van der Waals surface area (Å²) in [7, 11) is 0. The Hall–Kier alpha value is -1.39. The number of imide groups is 1. The van der Waals surface area contributed by atoms with Crippen LogP contribution in [0.5, 0.6) is 0 Å². The molecule has 2 amide bonds. The molecule has 5 heteroatoms. The number of rotatable bonds is 2. The smallest absolute Gasteiger partial charge is 0.306 e. The molecule has 1 saturated heterocycles. The summed E-state index contributed by atoms with van der Waals surface area (Å²) in [5, 5.41) is 9.01. The molecular weight excluding hydrogens is 246 g/mol. The van der Waals surface area contributed by atoms with Crippen LogP contribution in [-0.2, 0) is 14.4 Å². The second kappa shape index (κ2) is 4.32. The average molecular weight is 265 g/mol. The number of hydrogen-bond acceptors (Lipinski definition) is 3. The maximum atomic E-state index is 12.4. The van der Waals surface area contributed by atoms with Gasteiger partial charge >= 0.3 is 5.97 Å². The summed E-state index contributed by atoms with van der Waals surface area (Å²) in [6, 6.07) is -0.179. The molecule has 4 atom stereocenters. The van der Waals surface area contributed by atoms with E-state index in [1.807, 2.05) is 0 Å². The van der Waals surface area contributed by atoms with E-state index in [0.29, 0.717) is 25.2 Å². The van der Waals surface area contributed by atoms with Gasteiger partial charge in [0, 0.05) is 6.04 Å². The van der Waals surface area contributed by atoms with Crippen LogP contribution in [-0.4, -0.2) is 33.8 Å². The van der Waals surface area contributed by atoms with Crippen LogP contribution in [0.25, 0.3) is 0 Å². The Kier molecular flexibility index (Phi) is 2.87. The van der Waals surface area contributed by atoms with E-state index in [1.54, 1.807) is 0 Å². The van der Waals surface area contributed by atoms with Crippen LogP contribution in [0, 0.1) is 23.7 Å². The highest BCUT2D eigenvalue weighted by Crippen LogP contribution is 2.45. The number of carboxylic acid groups (broad SMARTS) is 1. The number of amides is 2. The zero-order chi connectivity index (χ0) is 13.7. The predicted molar refractivity (Wildman–Crippen MR) is 66.0 cm³/mol. The van der Waals surface area contributed by atoms with E-state index in [2.05, 4.69) is 6.92 Å². The Balaban J connectivity index is 1.75. The van der Waals surface area contributed by atoms with Crippen LogP contribution in [0.3, 0.4) is 0 Å². The number of carbonyl (C=O) groups is 3. The molecule has 0 radical (unpaired) electrons. The second-order valence-corrected chi connectivity index (χ2v) is 6.34. The summed E-state index contributed by atoms with van der Waals surface area (Å²) in [6.07, 6.45) is 3.26. The molecule has 19 heavy (non-hydrogen) atoms. The molecule has 0 aromatic heterocycles. The van der Waals surface area contributed by atoms with Crippen molar-refractivity contribution >= 4 is 17.8 Å². The maximum absolute atomic E-state index is 12.4. The minimum absolute atomic E-state index is 0.0459. The van der Waals surface area contributed by atoms with Crippen LogP contribution in [0.15, 0.2) is 0 Å². The first-order chi connectivity index (χ1) is 8.99. The quantitative estimate of drug-likeness (QED) is 0.763. The Morgan fingerprint density at radius 2 is 1.68 bits per heavy atom. The molecule has 5 nitrogen and oxygen atoms in total. The first-order valence-corrected chi connectivity index (χ1v) is 7.08. The third kappa shape index (κ3) is 1.86. The van der Waals surface area contributed by atoms with Crippen molar-refractivity contribution in [1.29, 1.82) is 0 Å². The summed E-state index contributed by atoms with van der Waals surface area (Å²) in [5.74, 6) is -1.12. The summed E-state index contributed by atoms with van der Waals surface area (Å²) >= 11 is 0. The Morgan fingerprint density at radius 3 is 2.16 bits per heavy atom. The number of nitrogens with zero attached hydrogens (tertiary/aromatic N) is 1. The third-order valence-electron chi connectivity index (χ3n) is 5.03. The van der Waals surface area contributed by atoms with E-state index in [0.717, 1.165) is 12.8 Å². The first-order valence-electron chi connectivity index (χ1n) is 7.08. The van der Waals surface area contributed by atoms with E-state index in [4.69, 9.17) is 5.11 Å². The zero-order valence-corrected chi connectivity index (χ0v) is 11.0. The van der Waals surface area contributed by atoms with Crippen molar-refractivity contribution in [1.82, 2.24) is 4.90 Å². The van der Waals surface area contributed by atoms with E-state index < -0.39 is 11.9 Å². The maximum Gasteiger partial charge on any atom is 0.306 e. The summed E-state index contributed by atoms with van der Waals surface area (Å²) in [6.45, 7) is 2.08. The normalized spacial score (nSPS) is 41.9. The lowest BCUT2D eigenvalue weighted by Gasteiger charge is -2.23. The summed E-state index contributed by atoms with van der Waals surface area (Å²) < 4.78 is 0. The van der Waals surface area contributed by atoms with Gasteiger partial charge in [-0.05, 0) is 38.0 Å². The highest BCUT2D eigenvalue weighted by atomic mass is 16.4. The van der Waals surface area contributed by atoms with E-state index in [1.165, 1.54) is 4.90 Å². The Morgan fingerprint density at radius 1 is 1.11 bits per heavy atom. The lowest BCUT2D eigenvalue weighted by molar-refractivity contribution is -0.145. The van der Waals surface area contributed by atoms with Crippen molar-refractivity contribution in [2.75, 3.05) is 0 Å². The fourth-order valence-corrected chi connectivity index (χ4v) is 4.08. The molecule has 3 rings (SSSR count). The highest BCUT2D eigenvalue weighted by molar-refractivity contribution is 6.05. The molecule has 2 saturated carbocycles. The van der Waals surface area contributed by atoms with Crippen LogP contribution in [0.4, 0.5) is 0 Å². The molecular formula is C14H19NO4. The van der Waals surface area contributed by atoms with Gasteiger partial charge in [-0.25, -0.2) is 0 Å². The van der Waals surface area contributed by atoms with Crippen LogP contribution in [0.2, 0.25) is 0 Å². The fourth-order valence-electron chi connectivity index (χ4n) is 4.08. The number of aliphatic carboxylic acids is 1. The minimum Gasteiger partial charge on any atom is -0.481 e. The number of hydrogen-bond donors (Lipinski definition) is 1. The summed E-state index contributed by atoms with van der Waals surface area (Å²) in [5.41, 5.74) is 0. The first kappa shape index (κ1) is 12.6. The van der Waals surface area contributed by atoms with Crippen LogP contribution in [0.1, 0.15) is 39.0 Å². The van der Waals surface area contributed by atoms with Crippen molar-refractivity contribution < 1.29 is 19.5 Å². The van der Waals surface area contributed by atoms with Gasteiger partial charge in [-0.3, -0.25) is 19.3 Å². The molecule has 2 unspecified atom stereocenters. The number of carbonyl (C=O) groups excluding carboxylic acids is 2. The van der Waals surface area contributed by atoms with Crippen molar-refractivity contribution in [3.05, 3.63) is 0 Å². The van der Waals surface area contributed by atoms with Gasteiger partial charge in [0.15, 0.2) is 0 Å². The van der Waals surface area contributed by atoms with Crippen molar-refractivity contribution in [2.45, 2.75) is 45.1 Å². The average Bonchev–Trinajstić information content (AvgIpc) is 2.99. The SMILES string of the molecule is CC1CC2C(=O)N([C@H]3CC[C@@H](C(=O)O)C3)C(=O)C2C1. The van der Waals surface area contributed by atoms with Crippen molar-refractivity contribution in [3.8, 4) is 0 Å². The molecule has 0 bridgehead atoms. The third-order valence-corrected chi connectivity index (χ3v) is 5.03. The summed E-state index contributed by atoms with van der Waals surface area (Å²) in [4.78, 5) is 37.1. The van der Waals surface area contributed by atoms with Gasteiger partial charge in [0.1, 0.15) is 0 Å². The highest BCUT2D eigenvalue weighted by Gasteiger charge is 2.54. The minimum atomic E-state index is -0.810. The zero-order valence-electron chi connectivity index (χ0n) is 11.0. The number of carboxylic acids is 1. The molecule has 2 aliphatic carbocycles. The molecule has 3 fully saturated rings. The number of fused-ring (bicyclic) bond motifs is 1. The Labute approximate surface area is 112 Å². The van der Waals surface area contributed by atoms with Crippen LogP contribution >= 0.6 is 0 Å². The number of likely N-dealkylation sites (tertiary alicyclic amines) is 1. The van der Waals surface area contributed by atoms with Gasteiger partial charge in [0.25, 0.3) is 0 Å². The van der Waals surface area contributed by atoms with Gasteiger partial charge in [-0.15, -0.1) is 0 Å². The molecule has 3 aliphatic rings. The molecule has 1 N–H and O–H groups in total. The monoisotopic (exact) mass is 265 g/mol. The van der Waals surface area contributed by atoms with Gasteiger partial charge in [0.05, 0.1) is 17.8 Å². The van der Waals surface area contributed by atoms with E-state index in [9.17, 15) is 14.4 Å². The molecule has 104 valence electrons. The van der Waals surface area contributed by atoms with E-state index >= 15 is 0 Å². The standard InChI is InChI=1S/C14H19NO4/c1-7-4-10-11(5-7)13(17)15(12(10)16)9-3-2-8(6-9)14(18)19/h7-11H,2-6H2,1H3,(H,18,19)/t7?,8-,9+,10?,11?/m1/s1. The second-order valence-electron chi connectivity index (χ2n) is 6.34. The van der Waals surface area contributed by atoms with Gasteiger partial charge in [0.2, 0.25) is 11.8 Å². The molecule has 1 aliphatic heterocycles.